The first-order valence-electron chi connectivity index (χ1n) is 5.25. The third-order valence-electron chi connectivity index (χ3n) is 3.36. The second-order valence-corrected chi connectivity index (χ2v) is 4.75. The summed E-state index contributed by atoms with van der Waals surface area (Å²) in [6, 6.07) is 5.12. The molecule has 3 nitrogen and oxygen atoms in total. The van der Waals surface area contributed by atoms with Crippen LogP contribution in [0, 0.1) is 0 Å². The van der Waals surface area contributed by atoms with Crippen LogP contribution in [0.1, 0.15) is 31.2 Å². The molecular weight excluding hydrogens is 228 g/mol. The lowest BCUT2D eigenvalue weighted by molar-refractivity contribution is -0.139. The van der Waals surface area contributed by atoms with Crippen LogP contribution >= 0.6 is 11.6 Å². The third-order valence-corrected chi connectivity index (χ3v) is 3.66. The van der Waals surface area contributed by atoms with Gasteiger partial charge in [-0.15, -0.1) is 0 Å². The molecule has 0 atom stereocenters. The minimum Gasteiger partial charge on any atom is -0.506 e. The van der Waals surface area contributed by atoms with Crippen LogP contribution in [0.5, 0.6) is 5.75 Å². The van der Waals surface area contributed by atoms with Gasteiger partial charge in [0.25, 0.3) is 0 Å². The van der Waals surface area contributed by atoms with Gasteiger partial charge in [0.05, 0.1) is 11.4 Å². The van der Waals surface area contributed by atoms with Crippen LogP contribution in [0.15, 0.2) is 18.2 Å². The number of aliphatic carboxylic acids is 1. The van der Waals surface area contributed by atoms with Gasteiger partial charge in [0, 0.05) is 11.0 Å². The molecule has 0 bridgehead atoms. The van der Waals surface area contributed by atoms with Gasteiger partial charge < -0.3 is 10.2 Å². The van der Waals surface area contributed by atoms with E-state index < -0.39 is 11.4 Å². The summed E-state index contributed by atoms with van der Waals surface area (Å²) in [6.45, 7) is 0. The molecule has 0 spiro atoms. The molecular formula is C12H13ClO3. The molecule has 1 aliphatic rings. The van der Waals surface area contributed by atoms with E-state index >= 15 is 0 Å². The van der Waals surface area contributed by atoms with Crippen LogP contribution in [0.2, 0.25) is 5.02 Å². The molecule has 0 heterocycles. The highest BCUT2D eigenvalue weighted by Gasteiger charge is 2.42. The van der Waals surface area contributed by atoms with E-state index in [0.717, 1.165) is 19.3 Å². The Kier molecular flexibility index (Phi) is 2.80. The lowest BCUT2D eigenvalue weighted by Crippen LogP contribution is -2.36. The molecule has 86 valence electrons. The van der Waals surface area contributed by atoms with E-state index in [0.29, 0.717) is 5.56 Å². The van der Waals surface area contributed by atoms with Crippen molar-refractivity contribution in [3.05, 3.63) is 28.8 Å². The fourth-order valence-electron chi connectivity index (χ4n) is 2.38. The van der Waals surface area contributed by atoms with Crippen molar-refractivity contribution in [1.82, 2.24) is 0 Å². The van der Waals surface area contributed by atoms with Crippen LogP contribution in [-0.4, -0.2) is 16.2 Å². The summed E-state index contributed by atoms with van der Waals surface area (Å²) in [4.78, 5) is 10.9. The van der Waals surface area contributed by atoms with Crippen molar-refractivity contribution in [3.8, 4) is 5.75 Å². The Morgan fingerprint density at radius 2 is 2.12 bits per heavy atom. The van der Waals surface area contributed by atoms with Gasteiger partial charge in [0.15, 0.2) is 0 Å². The van der Waals surface area contributed by atoms with E-state index in [1.54, 1.807) is 18.2 Å². The number of phenolic OH excluding ortho intramolecular Hbond substituents is 1. The monoisotopic (exact) mass is 240 g/mol. The summed E-state index contributed by atoms with van der Waals surface area (Å²) in [5, 5.41) is 19.1. The molecule has 1 aromatic rings. The second-order valence-electron chi connectivity index (χ2n) is 4.34. The number of hydrogen-bond donors (Lipinski definition) is 2. The van der Waals surface area contributed by atoms with Gasteiger partial charge in [0.1, 0.15) is 5.75 Å². The number of halogens is 1. The first kappa shape index (κ1) is 11.3. The highest BCUT2D eigenvalue weighted by Crippen LogP contribution is 2.50. The summed E-state index contributed by atoms with van der Waals surface area (Å²) in [7, 11) is 0. The quantitative estimate of drug-likeness (QED) is 0.854. The maximum atomic E-state index is 10.9. The zero-order valence-corrected chi connectivity index (χ0v) is 9.50. The number of aromatic hydroxyl groups is 1. The Balaban J connectivity index is 2.40. The summed E-state index contributed by atoms with van der Waals surface area (Å²) >= 11 is 5.84. The molecule has 1 aromatic carbocycles. The number of benzene rings is 1. The molecule has 0 saturated heterocycles. The number of phenols is 1. The van der Waals surface area contributed by atoms with Crippen LogP contribution < -0.4 is 0 Å². The van der Waals surface area contributed by atoms with Gasteiger partial charge in [-0.1, -0.05) is 30.2 Å². The van der Waals surface area contributed by atoms with Crippen molar-refractivity contribution in [2.24, 2.45) is 0 Å². The lowest BCUT2D eigenvalue weighted by Gasteiger charge is -2.41. The number of para-hydroxylation sites is 1. The Bertz CT molecular complexity index is 424. The third kappa shape index (κ3) is 1.76. The predicted molar refractivity (Wildman–Crippen MR) is 60.9 cm³/mol. The summed E-state index contributed by atoms with van der Waals surface area (Å²) in [5.41, 5.74) is 0.259. The Morgan fingerprint density at radius 3 is 2.62 bits per heavy atom. The zero-order valence-electron chi connectivity index (χ0n) is 8.74. The van der Waals surface area contributed by atoms with Crippen molar-refractivity contribution in [1.29, 1.82) is 0 Å². The summed E-state index contributed by atoms with van der Waals surface area (Å²) < 4.78 is 0. The topological polar surface area (TPSA) is 57.5 Å². The van der Waals surface area contributed by atoms with Gasteiger partial charge in [-0.3, -0.25) is 4.79 Å². The SMILES string of the molecule is O=C(O)CC1(c2cccc(Cl)c2O)CCC1. The molecule has 16 heavy (non-hydrogen) atoms. The zero-order chi connectivity index (χ0) is 11.8. The van der Waals surface area contributed by atoms with E-state index in [1.807, 2.05) is 0 Å². The van der Waals surface area contributed by atoms with Crippen molar-refractivity contribution in [2.45, 2.75) is 31.1 Å². The van der Waals surface area contributed by atoms with E-state index in [4.69, 9.17) is 16.7 Å². The first-order chi connectivity index (χ1) is 7.55. The Hall–Kier alpha value is -1.22. The Labute approximate surface area is 98.7 Å². The minimum atomic E-state index is -0.834. The maximum Gasteiger partial charge on any atom is 0.304 e. The molecule has 0 amide bonds. The first-order valence-corrected chi connectivity index (χ1v) is 5.63. The largest absolute Gasteiger partial charge is 0.506 e. The van der Waals surface area contributed by atoms with E-state index in [9.17, 15) is 9.90 Å². The fraction of sp³-hybridized carbons (Fsp3) is 0.417. The van der Waals surface area contributed by atoms with Crippen LogP contribution in [0.25, 0.3) is 0 Å². The van der Waals surface area contributed by atoms with Crippen molar-refractivity contribution in [3.63, 3.8) is 0 Å². The average molecular weight is 241 g/mol. The molecule has 0 aliphatic heterocycles. The van der Waals surface area contributed by atoms with E-state index in [1.165, 1.54) is 0 Å². The smallest absolute Gasteiger partial charge is 0.304 e. The Morgan fingerprint density at radius 1 is 1.44 bits per heavy atom. The number of carboxylic acid groups (broad SMARTS) is 1. The molecule has 1 saturated carbocycles. The predicted octanol–water partition coefficient (Wildman–Crippen LogP) is 2.94. The maximum absolute atomic E-state index is 10.9. The van der Waals surface area contributed by atoms with Crippen LogP contribution in [0.3, 0.4) is 0 Å². The van der Waals surface area contributed by atoms with Crippen LogP contribution in [0.4, 0.5) is 0 Å². The van der Waals surface area contributed by atoms with Crippen molar-refractivity contribution < 1.29 is 15.0 Å². The highest BCUT2D eigenvalue weighted by atomic mass is 35.5. The molecule has 1 fully saturated rings. The minimum absolute atomic E-state index is 0.0325. The molecule has 2 rings (SSSR count). The molecule has 0 unspecified atom stereocenters. The van der Waals surface area contributed by atoms with Crippen molar-refractivity contribution >= 4 is 17.6 Å². The number of carboxylic acids is 1. The van der Waals surface area contributed by atoms with Gasteiger partial charge in [0.2, 0.25) is 0 Å². The van der Waals surface area contributed by atoms with Gasteiger partial charge in [-0.25, -0.2) is 0 Å². The van der Waals surface area contributed by atoms with E-state index in [-0.39, 0.29) is 17.2 Å². The lowest BCUT2D eigenvalue weighted by atomic mass is 9.62. The van der Waals surface area contributed by atoms with Gasteiger partial charge >= 0.3 is 5.97 Å². The standard InChI is InChI=1S/C12H13ClO3/c13-9-4-1-3-8(11(9)16)12(5-2-6-12)7-10(14)15/h1,3-4,16H,2,5-7H2,(H,14,15). The fourth-order valence-corrected chi connectivity index (χ4v) is 2.55. The number of hydrogen-bond acceptors (Lipinski definition) is 2. The number of carbonyl (C=O) groups is 1. The summed E-state index contributed by atoms with van der Waals surface area (Å²) in [6.07, 6.45) is 2.65. The van der Waals surface area contributed by atoms with E-state index in [2.05, 4.69) is 0 Å². The van der Waals surface area contributed by atoms with Crippen LogP contribution in [-0.2, 0) is 10.2 Å². The molecule has 0 radical (unpaired) electrons. The summed E-state index contributed by atoms with van der Waals surface area (Å²) in [5.74, 6) is -0.802. The average Bonchev–Trinajstić information content (AvgIpc) is 2.16. The van der Waals surface area contributed by atoms with Gasteiger partial charge in [-0.2, -0.15) is 0 Å². The molecule has 1 aliphatic carbocycles. The molecule has 2 N–H and O–H groups in total. The normalized spacial score (nSPS) is 17.8. The molecule has 0 aromatic heterocycles. The number of rotatable bonds is 3. The van der Waals surface area contributed by atoms with Gasteiger partial charge in [-0.05, 0) is 18.9 Å². The second kappa shape index (κ2) is 3.98. The highest BCUT2D eigenvalue weighted by molar-refractivity contribution is 6.32. The van der Waals surface area contributed by atoms with Crippen molar-refractivity contribution in [2.75, 3.05) is 0 Å². The molecule has 4 heteroatoms.